The van der Waals surface area contributed by atoms with E-state index >= 15 is 0 Å². The van der Waals surface area contributed by atoms with Crippen molar-refractivity contribution in [3.8, 4) is 27.9 Å². The van der Waals surface area contributed by atoms with E-state index in [9.17, 15) is 0 Å². The number of para-hydroxylation sites is 3. The first-order valence-electron chi connectivity index (χ1n) is 19.4. The topological polar surface area (TPSA) is 37.8 Å². The summed E-state index contributed by atoms with van der Waals surface area (Å²) < 4.78 is 4.81. The van der Waals surface area contributed by atoms with Crippen LogP contribution in [0.25, 0.3) is 71.6 Å². The van der Waals surface area contributed by atoms with Gasteiger partial charge in [0.2, 0.25) is 5.96 Å². The first-order valence-corrected chi connectivity index (χ1v) is 19.4. The summed E-state index contributed by atoms with van der Waals surface area (Å²) in [7, 11) is 2.13. The Morgan fingerprint density at radius 1 is 0.404 bits per heavy atom. The summed E-state index contributed by atoms with van der Waals surface area (Å²) in [4.78, 5) is 13.3. The molecule has 1 aliphatic rings. The van der Waals surface area contributed by atoms with Gasteiger partial charge in [0.25, 0.3) is 0 Å². The minimum atomic E-state index is -0.355. The zero-order valence-electron chi connectivity index (χ0n) is 31.4. The number of aliphatic imine (C=N–C) groups is 2. The summed E-state index contributed by atoms with van der Waals surface area (Å²) in [5, 5.41) is 4.76. The summed E-state index contributed by atoms with van der Waals surface area (Å²) in [5.41, 5.74) is 12.3. The van der Waals surface area contributed by atoms with E-state index in [4.69, 9.17) is 9.98 Å². The molecule has 10 aromatic rings. The van der Waals surface area contributed by atoms with E-state index in [0.717, 1.165) is 61.5 Å². The maximum atomic E-state index is 5.58. The fourth-order valence-electron chi connectivity index (χ4n) is 8.69. The van der Waals surface area contributed by atoms with Crippen LogP contribution < -0.4 is 0 Å². The molecule has 8 aromatic carbocycles. The van der Waals surface area contributed by atoms with Gasteiger partial charge in [-0.1, -0.05) is 164 Å². The van der Waals surface area contributed by atoms with E-state index in [-0.39, 0.29) is 6.17 Å². The first-order chi connectivity index (χ1) is 28.2. The Hall–Kier alpha value is -7.50. The van der Waals surface area contributed by atoms with E-state index < -0.39 is 0 Å². The lowest BCUT2D eigenvalue weighted by atomic mass is 10.0. The number of nitrogens with zero attached hydrogens (tertiary/aromatic N) is 5. The van der Waals surface area contributed by atoms with Crippen LogP contribution in [0, 0.1) is 0 Å². The van der Waals surface area contributed by atoms with Crippen molar-refractivity contribution < 1.29 is 0 Å². The number of rotatable bonds is 5. The zero-order chi connectivity index (χ0) is 37.9. The minimum absolute atomic E-state index is 0.355. The smallest absolute Gasteiger partial charge is 0.214 e. The average molecular weight is 732 g/mol. The number of amidine groups is 1. The Balaban J connectivity index is 1.21. The third kappa shape index (κ3) is 5.39. The van der Waals surface area contributed by atoms with Crippen molar-refractivity contribution in [1.29, 1.82) is 0 Å². The molecule has 57 heavy (non-hydrogen) atoms. The van der Waals surface area contributed by atoms with Gasteiger partial charge in [-0.25, -0.2) is 4.99 Å². The van der Waals surface area contributed by atoms with Crippen LogP contribution in [0.3, 0.4) is 0 Å². The van der Waals surface area contributed by atoms with Crippen LogP contribution >= 0.6 is 0 Å². The molecule has 0 amide bonds. The van der Waals surface area contributed by atoms with Crippen LogP contribution in [0.15, 0.2) is 210 Å². The molecule has 1 aliphatic heterocycles. The van der Waals surface area contributed by atoms with Crippen molar-refractivity contribution in [2.45, 2.75) is 6.17 Å². The molecule has 1 atom stereocenters. The Labute approximate surface area is 330 Å². The SMILES string of the molecule is CN1C(n2c3ccccc3c3ccc4c5ccccc5n(-c5ccccc5)c4c32)=NC(c2cccc(-c3ccccc3)c2)=NC1c1cccc(-c2ccccc2)c1. The quantitative estimate of drug-likeness (QED) is 0.174. The van der Waals surface area contributed by atoms with Crippen molar-refractivity contribution in [1.82, 2.24) is 14.0 Å². The second-order valence-electron chi connectivity index (χ2n) is 14.7. The number of hydrogen-bond donors (Lipinski definition) is 0. The van der Waals surface area contributed by atoms with Gasteiger partial charge in [0.15, 0.2) is 12.0 Å². The lowest BCUT2D eigenvalue weighted by Gasteiger charge is -2.33. The van der Waals surface area contributed by atoms with Crippen molar-refractivity contribution in [3.63, 3.8) is 0 Å². The van der Waals surface area contributed by atoms with Crippen LogP contribution in [0.4, 0.5) is 0 Å². The Morgan fingerprint density at radius 2 is 0.895 bits per heavy atom. The molecule has 5 heteroatoms. The zero-order valence-corrected chi connectivity index (χ0v) is 31.4. The number of fused-ring (bicyclic) bond motifs is 7. The molecule has 0 N–H and O–H groups in total. The predicted molar refractivity (Wildman–Crippen MR) is 237 cm³/mol. The standard InChI is InChI=1S/C52H37N5/c1-55-51(40-24-16-22-38(34-40)36-19-7-3-8-20-36)53-50(39-23-15-21-37(33-39)35-17-5-2-6-18-35)54-52(55)57-47-30-14-12-28-43(47)45-32-31-44-42-27-11-13-29-46(42)56(48(44)49(45)57)41-25-9-4-10-26-41/h2-34,51H,1H3. The highest BCUT2D eigenvalue weighted by Crippen LogP contribution is 2.42. The third-order valence-electron chi connectivity index (χ3n) is 11.3. The molecule has 3 heterocycles. The highest BCUT2D eigenvalue weighted by atomic mass is 15.4. The number of hydrogen-bond acceptors (Lipinski definition) is 3. The van der Waals surface area contributed by atoms with Gasteiger partial charge in [-0.15, -0.1) is 0 Å². The summed E-state index contributed by atoms with van der Waals surface area (Å²) >= 11 is 0. The Kier molecular flexibility index (Phi) is 7.71. The lowest BCUT2D eigenvalue weighted by molar-refractivity contribution is 0.372. The van der Waals surface area contributed by atoms with Crippen molar-refractivity contribution in [2.24, 2.45) is 9.98 Å². The Bertz CT molecular complexity index is 3190. The molecular weight excluding hydrogens is 695 g/mol. The normalized spacial score (nSPS) is 14.4. The highest BCUT2D eigenvalue weighted by molar-refractivity contribution is 6.26. The fraction of sp³-hybridized carbons (Fsp3) is 0.0385. The van der Waals surface area contributed by atoms with E-state index in [0.29, 0.717) is 5.84 Å². The maximum Gasteiger partial charge on any atom is 0.214 e. The molecule has 0 saturated heterocycles. The molecular formula is C52H37N5. The maximum absolute atomic E-state index is 5.58. The van der Waals surface area contributed by atoms with Gasteiger partial charge in [-0.3, -0.25) is 4.57 Å². The van der Waals surface area contributed by atoms with Gasteiger partial charge in [0, 0.05) is 39.8 Å². The molecule has 0 spiro atoms. The molecule has 5 nitrogen and oxygen atoms in total. The summed E-state index contributed by atoms with van der Waals surface area (Å²) in [5.74, 6) is 1.50. The highest BCUT2D eigenvalue weighted by Gasteiger charge is 2.31. The molecule has 270 valence electrons. The summed E-state index contributed by atoms with van der Waals surface area (Å²) in [6.07, 6.45) is -0.355. The molecule has 0 radical (unpaired) electrons. The second-order valence-corrected chi connectivity index (χ2v) is 14.7. The van der Waals surface area contributed by atoms with Gasteiger partial charge in [0.1, 0.15) is 0 Å². The first kappa shape index (κ1) is 32.9. The molecule has 0 aliphatic carbocycles. The fourth-order valence-corrected chi connectivity index (χ4v) is 8.69. The summed E-state index contributed by atoms with van der Waals surface area (Å²) in [6, 6.07) is 71.2. The van der Waals surface area contributed by atoms with Crippen LogP contribution in [0.2, 0.25) is 0 Å². The predicted octanol–water partition coefficient (Wildman–Crippen LogP) is 12.5. The number of benzene rings is 8. The molecule has 0 fully saturated rings. The average Bonchev–Trinajstić information content (AvgIpc) is 3.81. The van der Waals surface area contributed by atoms with Gasteiger partial charge in [-0.05, 0) is 64.2 Å². The van der Waals surface area contributed by atoms with E-state index in [1.54, 1.807) is 0 Å². The second kappa shape index (κ2) is 13.4. The van der Waals surface area contributed by atoms with Crippen LogP contribution in [-0.4, -0.2) is 32.9 Å². The van der Waals surface area contributed by atoms with Crippen molar-refractivity contribution >= 4 is 55.4 Å². The van der Waals surface area contributed by atoms with Crippen molar-refractivity contribution in [2.75, 3.05) is 7.05 Å². The minimum Gasteiger partial charge on any atom is -0.319 e. The molecule has 2 aromatic heterocycles. The largest absolute Gasteiger partial charge is 0.319 e. The Morgan fingerprint density at radius 3 is 1.54 bits per heavy atom. The van der Waals surface area contributed by atoms with Gasteiger partial charge >= 0.3 is 0 Å². The van der Waals surface area contributed by atoms with Crippen molar-refractivity contribution in [3.05, 3.63) is 211 Å². The molecule has 11 rings (SSSR count). The van der Waals surface area contributed by atoms with Gasteiger partial charge in [-0.2, -0.15) is 4.99 Å². The molecule has 0 bridgehead atoms. The van der Waals surface area contributed by atoms with Gasteiger partial charge < -0.3 is 9.47 Å². The number of aromatic nitrogens is 2. The molecule has 0 saturated carbocycles. The van der Waals surface area contributed by atoms with E-state index in [1.807, 2.05) is 0 Å². The lowest BCUT2D eigenvalue weighted by Crippen LogP contribution is -2.39. The summed E-state index contributed by atoms with van der Waals surface area (Å²) in [6.45, 7) is 0. The van der Waals surface area contributed by atoms with E-state index in [1.165, 1.54) is 27.1 Å². The van der Waals surface area contributed by atoms with Crippen LogP contribution in [0.5, 0.6) is 0 Å². The monoisotopic (exact) mass is 731 g/mol. The molecule has 1 unspecified atom stereocenters. The van der Waals surface area contributed by atoms with Crippen LogP contribution in [0.1, 0.15) is 17.3 Å². The third-order valence-corrected chi connectivity index (χ3v) is 11.3. The van der Waals surface area contributed by atoms with E-state index in [2.05, 4.69) is 221 Å². The van der Waals surface area contributed by atoms with Gasteiger partial charge in [0.05, 0.1) is 22.1 Å². The van der Waals surface area contributed by atoms with Crippen LogP contribution in [-0.2, 0) is 0 Å².